The lowest BCUT2D eigenvalue weighted by atomic mass is 10.1. The molecule has 2 aromatic carbocycles. The topological polar surface area (TPSA) is 163 Å². The molecule has 12 nitrogen and oxygen atoms in total. The van der Waals surface area contributed by atoms with Crippen LogP contribution >= 0.6 is 0 Å². The average Bonchev–Trinajstić information content (AvgIpc) is 3.33. The van der Waals surface area contributed by atoms with Gasteiger partial charge in [0.1, 0.15) is 35.5 Å². The van der Waals surface area contributed by atoms with Gasteiger partial charge in [-0.25, -0.2) is 15.0 Å². The lowest BCUT2D eigenvalue weighted by Crippen LogP contribution is -2.28. The number of nitrogens with one attached hydrogen (secondary N) is 1. The highest BCUT2D eigenvalue weighted by Crippen LogP contribution is 2.30. The fourth-order valence-corrected chi connectivity index (χ4v) is 4.03. The Bertz CT molecular complexity index is 1750. The lowest BCUT2D eigenvalue weighted by molar-refractivity contribution is 0.253. The molecule has 0 saturated heterocycles. The molecule has 4 N–H and O–H groups in total. The number of para-hydroxylation sites is 1. The third-order valence-corrected chi connectivity index (χ3v) is 5.70. The van der Waals surface area contributed by atoms with Crippen LogP contribution in [0.1, 0.15) is 31.3 Å². The molecule has 2 atom stereocenters. The van der Waals surface area contributed by atoms with Crippen molar-refractivity contribution in [2.75, 3.05) is 11.1 Å². The second kappa shape index (κ2) is 10.1. The van der Waals surface area contributed by atoms with Crippen LogP contribution in [0.4, 0.5) is 11.6 Å². The monoisotopic (exact) mass is 508 g/mol. The number of fused-ring (bicyclic) bond motifs is 1. The second-order valence-electron chi connectivity index (χ2n) is 8.54. The minimum absolute atomic E-state index is 0.177. The molecule has 3 aromatic heterocycles. The predicted molar refractivity (Wildman–Crippen MR) is 142 cm³/mol. The Morgan fingerprint density at radius 2 is 1.87 bits per heavy atom. The third kappa shape index (κ3) is 4.65. The number of benzene rings is 2. The number of aromatic nitrogens is 8. The zero-order valence-electron chi connectivity index (χ0n) is 20.9. The molecule has 0 amide bonds. The number of nitrogens with zero attached hydrogens (tertiary/aromatic N) is 8. The first-order chi connectivity index (χ1) is 18.3. The maximum absolute atomic E-state index is 14.0. The summed E-state index contributed by atoms with van der Waals surface area (Å²) in [6.45, 7) is 3.42. The number of hydrogen-bond donors (Lipinski definition) is 3. The molecule has 38 heavy (non-hydrogen) atoms. The molecule has 0 aliphatic carbocycles. The summed E-state index contributed by atoms with van der Waals surface area (Å²) in [6, 6.07) is 14.0. The molecule has 190 valence electrons. The van der Waals surface area contributed by atoms with E-state index in [-0.39, 0.29) is 17.2 Å². The molecule has 5 rings (SSSR count). The summed E-state index contributed by atoms with van der Waals surface area (Å²) in [5.74, 6) is 6.85. The van der Waals surface area contributed by atoms with E-state index in [2.05, 4.69) is 42.5 Å². The summed E-state index contributed by atoms with van der Waals surface area (Å²) in [7, 11) is 1.64. The molecule has 0 bridgehead atoms. The fraction of sp³-hybridized carbons (Fsp3) is 0.192. The van der Waals surface area contributed by atoms with Gasteiger partial charge < -0.3 is 16.2 Å². The molecule has 0 radical (unpaired) electrons. The van der Waals surface area contributed by atoms with Crippen molar-refractivity contribution in [1.82, 2.24) is 39.7 Å². The second-order valence-corrected chi connectivity index (χ2v) is 8.54. The van der Waals surface area contributed by atoms with Crippen molar-refractivity contribution in [2.45, 2.75) is 26.0 Å². The third-order valence-electron chi connectivity index (χ3n) is 5.70. The minimum atomic E-state index is -0.837. The Morgan fingerprint density at radius 3 is 2.58 bits per heavy atom. The van der Waals surface area contributed by atoms with Crippen LogP contribution in [0.25, 0.3) is 28.0 Å². The van der Waals surface area contributed by atoms with E-state index in [1.807, 2.05) is 37.3 Å². The fourth-order valence-electron chi connectivity index (χ4n) is 4.03. The maximum Gasteiger partial charge on any atom is 0.267 e. The van der Waals surface area contributed by atoms with Crippen molar-refractivity contribution < 1.29 is 5.11 Å². The highest BCUT2D eigenvalue weighted by atomic mass is 16.3. The standard InChI is InChI=1S/C26H24N10O2/c1-15(37)12-13-17-8-7-11-19-20(17)26(38)36(18-9-5-4-6-10-18)25(31-19)16(2)30-23-21(22(27)28-14-29-23)24-32-34-35(3)33-24/h4-11,14-16,37H,1-3H3,(H3,27,28,29,30)/t15?,16-/m0/s1. The van der Waals surface area contributed by atoms with Gasteiger partial charge >= 0.3 is 0 Å². The number of nitrogens with two attached hydrogens (primary N) is 1. The van der Waals surface area contributed by atoms with Gasteiger partial charge in [0.2, 0.25) is 5.82 Å². The summed E-state index contributed by atoms with van der Waals surface area (Å²) >= 11 is 0. The smallest absolute Gasteiger partial charge is 0.267 e. The van der Waals surface area contributed by atoms with Crippen LogP contribution in [0.5, 0.6) is 0 Å². The van der Waals surface area contributed by atoms with Crippen LogP contribution in [-0.2, 0) is 7.05 Å². The van der Waals surface area contributed by atoms with Crippen LogP contribution < -0.4 is 16.6 Å². The lowest BCUT2D eigenvalue weighted by Gasteiger charge is -2.21. The van der Waals surface area contributed by atoms with E-state index in [0.717, 1.165) is 0 Å². The first-order valence-electron chi connectivity index (χ1n) is 11.8. The molecule has 3 heterocycles. The van der Waals surface area contributed by atoms with Crippen LogP contribution in [-0.4, -0.2) is 50.9 Å². The molecule has 12 heteroatoms. The largest absolute Gasteiger partial charge is 0.383 e. The van der Waals surface area contributed by atoms with E-state index >= 15 is 0 Å². The summed E-state index contributed by atoms with van der Waals surface area (Å²) in [6.07, 6.45) is 0.492. The number of tetrazole rings is 1. The van der Waals surface area contributed by atoms with Crippen molar-refractivity contribution in [3.8, 4) is 28.9 Å². The highest BCUT2D eigenvalue weighted by molar-refractivity contribution is 5.85. The van der Waals surface area contributed by atoms with Crippen molar-refractivity contribution in [1.29, 1.82) is 0 Å². The number of anilines is 2. The molecule has 1 unspecified atom stereocenters. The highest BCUT2D eigenvalue weighted by Gasteiger charge is 2.23. The van der Waals surface area contributed by atoms with Crippen LogP contribution in [0.2, 0.25) is 0 Å². The van der Waals surface area contributed by atoms with Gasteiger partial charge in [-0.05, 0) is 43.3 Å². The van der Waals surface area contributed by atoms with Crippen molar-refractivity contribution >= 4 is 22.5 Å². The van der Waals surface area contributed by atoms with Crippen LogP contribution in [0, 0.1) is 11.8 Å². The van der Waals surface area contributed by atoms with Gasteiger partial charge in [0.25, 0.3) is 5.56 Å². The SMILES string of the molecule is CC(O)C#Cc1cccc2nc([C@H](C)Nc3ncnc(N)c3-c3nnn(C)n3)n(-c3ccccc3)c(=O)c12. The molecule has 0 spiro atoms. The molecule has 0 aliphatic heterocycles. The zero-order chi connectivity index (χ0) is 26.8. The molecular weight excluding hydrogens is 484 g/mol. The van der Waals surface area contributed by atoms with Gasteiger partial charge in [-0.3, -0.25) is 9.36 Å². The number of aliphatic hydroxyl groups excluding tert-OH is 1. The molecule has 5 aromatic rings. The maximum atomic E-state index is 14.0. The van der Waals surface area contributed by atoms with Crippen molar-refractivity contribution in [3.05, 3.63) is 76.6 Å². The summed E-state index contributed by atoms with van der Waals surface area (Å²) in [5.41, 5.74) is 7.83. The molecule has 0 aliphatic rings. The van der Waals surface area contributed by atoms with Gasteiger partial charge in [0, 0.05) is 5.56 Å². The van der Waals surface area contributed by atoms with Gasteiger partial charge in [0.15, 0.2) is 0 Å². The Labute approximate surface area is 217 Å². The molecule has 0 saturated carbocycles. The van der Waals surface area contributed by atoms with Gasteiger partial charge in [-0.15, -0.1) is 10.2 Å². The Hall–Kier alpha value is -5.15. The predicted octanol–water partition coefficient (Wildman–Crippen LogP) is 1.85. The van der Waals surface area contributed by atoms with E-state index < -0.39 is 12.1 Å². The summed E-state index contributed by atoms with van der Waals surface area (Å²) < 4.78 is 1.54. The van der Waals surface area contributed by atoms with Crippen molar-refractivity contribution in [2.24, 2.45) is 7.05 Å². The van der Waals surface area contributed by atoms with Gasteiger partial charge in [-0.2, -0.15) is 4.80 Å². The van der Waals surface area contributed by atoms with Gasteiger partial charge in [-0.1, -0.05) is 36.1 Å². The quantitative estimate of drug-likeness (QED) is 0.299. The van der Waals surface area contributed by atoms with Crippen LogP contribution in [0.15, 0.2) is 59.7 Å². The number of nitrogen functional groups attached to an aromatic ring is 1. The molecule has 0 fully saturated rings. The van der Waals surface area contributed by atoms with Crippen molar-refractivity contribution in [3.63, 3.8) is 0 Å². The Kier molecular flexibility index (Phi) is 6.51. The average molecular weight is 509 g/mol. The van der Waals surface area contributed by atoms with E-state index in [1.165, 1.54) is 11.1 Å². The Balaban J connectivity index is 1.69. The number of aliphatic hydroxyl groups is 1. The summed E-state index contributed by atoms with van der Waals surface area (Å²) in [5, 5.41) is 25.5. The van der Waals surface area contributed by atoms with E-state index in [9.17, 15) is 9.90 Å². The van der Waals surface area contributed by atoms with E-state index in [4.69, 9.17) is 10.7 Å². The molecular formula is C26H24N10O2. The van der Waals surface area contributed by atoms with E-state index in [0.29, 0.717) is 39.4 Å². The first-order valence-corrected chi connectivity index (χ1v) is 11.8. The number of rotatable bonds is 5. The van der Waals surface area contributed by atoms with Crippen LogP contribution in [0.3, 0.4) is 0 Å². The number of aryl methyl sites for hydroxylation is 1. The Morgan fingerprint density at radius 1 is 1.08 bits per heavy atom. The minimum Gasteiger partial charge on any atom is -0.383 e. The number of hydrogen-bond acceptors (Lipinski definition) is 10. The zero-order valence-corrected chi connectivity index (χ0v) is 20.9. The van der Waals surface area contributed by atoms with Gasteiger partial charge in [0.05, 0.1) is 29.7 Å². The normalized spacial score (nSPS) is 12.5. The summed E-state index contributed by atoms with van der Waals surface area (Å²) in [4.78, 5) is 28.6. The van der Waals surface area contributed by atoms with E-state index in [1.54, 1.807) is 36.7 Å². The first kappa shape index (κ1) is 24.5.